The van der Waals surface area contributed by atoms with Crippen molar-refractivity contribution >= 4 is 17.6 Å². The first-order valence-electron chi connectivity index (χ1n) is 10.9. The molecular weight excluding hydrogens is 414 g/mol. The van der Waals surface area contributed by atoms with Crippen LogP contribution in [0.3, 0.4) is 0 Å². The van der Waals surface area contributed by atoms with Gasteiger partial charge in [0.2, 0.25) is 5.91 Å². The summed E-state index contributed by atoms with van der Waals surface area (Å²) in [6, 6.07) is 20.1. The van der Waals surface area contributed by atoms with Crippen LogP contribution in [0.1, 0.15) is 28.4 Å². The minimum Gasteiger partial charge on any atom is -0.383 e. The van der Waals surface area contributed by atoms with Crippen LogP contribution in [0.4, 0.5) is 5.82 Å². The first kappa shape index (κ1) is 22.0. The lowest BCUT2D eigenvalue weighted by atomic mass is 9.98. The highest BCUT2D eigenvalue weighted by molar-refractivity contribution is 5.99. The van der Waals surface area contributed by atoms with Crippen molar-refractivity contribution in [2.45, 2.75) is 19.4 Å². The minimum absolute atomic E-state index is 0.0292. The first-order chi connectivity index (χ1) is 16.0. The van der Waals surface area contributed by atoms with Gasteiger partial charge in [-0.05, 0) is 36.2 Å². The Morgan fingerprint density at radius 2 is 1.91 bits per heavy atom. The normalized spacial score (nSPS) is 15.9. The molecule has 166 valence electrons. The van der Waals surface area contributed by atoms with Gasteiger partial charge in [0.1, 0.15) is 17.9 Å². The fourth-order valence-electron chi connectivity index (χ4n) is 4.15. The zero-order chi connectivity index (χ0) is 23.4. The highest BCUT2D eigenvalue weighted by Gasteiger charge is 2.37. The molecule has 0 radical (unpaired) electrons. The largest absolute Gasteiger partial charge is 0.383 e. The van der Waals surface area contributed by atoms with Crippen LogP contribution in [0.5, 0.6) is 0 Å². The third kappa shape index (κ3) is 4.55. The van der Waals surface area contributed by atoms with E-state index >= 15 is 0 Å². The lowest BCUT2D eigenvalue weighted by Crippen LogP contribution is -2.59. The molecule has 1 aromatic heterocycles. The van der Waals surface area contributed by atoms with Gasteiger partial charge >= 0.3 is 0 Å². The summed E-state index contributed by atoms with van der Waals surface area (Å²) in [6.45, 7) is 3.56. The summed E-state index contributed by atoms with van der Waals surface area (Å²) in [5.74, 6) is -0.0474. The van der Waals surface area contributed by atoms with E-state index in [4.69, 9.17) is 5.73 Å². The predicted octanol–water partition coefficient (Wildman–Crippen LogP) is 3.12. The van der Waals surface area contributed by atoms with E-state index in [9.17, 15) is 14.9 Å². The lowest BCUT2D eigenvalue weighted by molar-refractivity contribution is -0.139. The first-order valence-corrected chi connectivity index (χ1v) is 10.9. The van der Waals surface area contributed by atoms with Crippen LogP contribution < -0.4 is 5.73 Å². The molecule has 1 fully saturated rings. The van der Waals surface area contributed by atoms with E-state index in [0.717, 1.165) is 11.1 Å². The molecule has 3 aromatic rings. The molecule has 2 aromatic carbocycles. The van der Waals surface area contributed by atoms with Crippen LogP contribution in [0.2, 0.25) is 0 Å². The molecule has 0 spiro atoms. The van der Waals surface area contributed by atoms with Crippen molar-refractivity contribution in [1.29, 1.82) is 5.26 Å². The van der Waals surface area contributed by atoms with Crippen LogP contribution in [0, 0.1) is 11.3 Å². The van der Waals surface area contributed by atoms with Gasteiger partial charge in [-0.15, -0.1) is 0 Å². The average Bonchev–Trinajstić information content (AvgIpc) is 2.86. The molecule has 1 unspecified atom stereocenters. The number of nitriles is 1. The van der Waals surface area contributed by atoms with Crippen molar-refractivity contribution in [3.63, 3.8) is 0 Å². The van der Waals surface area contributed by atoms with Crippen molar-refractivity contribution in [1.82, 2.24) is 14.8 Å². The van der Waals surface area contributed by atoms with Gasteiger partial charge in [-0.3, -0.25) is 9.59 Å². The van der Waals surface area contributed by atoms with Gasteiger partial charge in [0.05, 0.1) is 5.56 Å². The predicted molar refractivity (Wildman–Crippen MR) is 126 cm³/mol. The molecule has 33 heavy (non-hydrogen) atoms. The van der Waals surface area contributed by atoms with Gasteiger partial charge in [-0.2, -0.15) is 5.26 Å². The second-order valence-electron chi connectivity index (χ2n) is 7.97. The summed E-state index contributed by atoms with van der Waals surface area (Å²) >= 11 is 0. The van der Waals surface area contributed by atoms with E-state index in [1.165, 1.54) is 0 Å². The Bertz CT molecular complexity index is 1220. The van der Waals surface area contributed by atoms with Gasteiger partial charge < -0.3 is 15.5 Å². The summed E-state index contributed by atoms with van der Waals surface area (Å²) in [4.78, 5) is 34.3. The molecule has 2 heterocycles. The number of rotatable bonds is 5. The number of pyridine rings is 1. The van der Waals surface area contributed by atoms with Gasteiger partial charge in [0.15, 0.2) is 0 Å². The van der Waals surface area contributed by atoms with E-state index in [1.54, 1.807) is 40.3 Å². The Morgan fingerprint density at radius 1 is 1.12 bits per heavy atom. The van der Waals surface area contributed by atoms with E-state index in [-0.39, 0.29) is 23.2 Å². The maximum atomic E-state index is 13.6. The minimum atomic E-state index is -0.555. The maximum absolute atomic E-state index is 13.6. The van der Waals surface area contributed by atoms with Crippen LogP contribution in [-0.4, -0.2) is 52.3 Å². The molecule has 7 heteroatoms. The lowest BCUT2D eigenvalue weighted by Gasteiger charge is -2.40. The summed E-state index contributed by atoms with van der Waals surface area (Å²) < 4.78 is 0. The van der Waals surface area contributed by atoms with E-state index in [1.807, 2.05) is 49.4 Å². The smallest absolute Gasteiger partial charge is 0.254 e. The molecule has 1 atom stereocenters. The molecule has 0 aliphatic carbocycles. The maximum Gasteiger partial charge on any atom is 0.254 e. The fourth-order valence-corrected chi connectivity index (χ4v) is 4.15. The fraction of sp³-hybridized carbons (Fsp3) is 0.231. The van der Waals surface area contributed by atoms with Crippen molar-refractivity contribution < 1.29 is 9.59 Å². The Kier molecular flexibility index (Phi) is 6.36. The van der Waals surface area contributed by atoms with Gasteiger partial charge in [-0.25, -0.2) is 4.98 Å². The molecule has 4 rings (SSSR count). The Labute approximate surface area is 193 Å². The number of amides is 2. The number of benzene rings is 2. The second-order valence-corrected chi connectivity index (χ2v) is 7.97. The van der Waals surface area contributed by atoms with Gasteiger partial charge in [-0.1, -0.05) is 42.5 Å². The molecule has 0 saturated carbocycles. The zero-order valence-corrected chi connectivity index (χ0v) is 18.4. The standard InChI is InChI=1S/C26H25N5O2/c1-2-30-11-12-31(23(26(30)33)13-18-7-4-3-5-8-18)25(32)20-10-6-9-19(14-20)22-15-21(16-27)24(28)29-17-22/h3-10,14-15,17,23H,2,11-13H2,1H3,(H2,28,29). The molecule has 1 saturated heterocycles. The Hall–Kier alpha value is -4.18. The quantitative estimate of drug-likeness (QED) is 0.658. The van der Waals surface area contributed by atoms with Crippen LogP contribution in [-0.2, 0) is 11.2 Å². The van der Waals surface area contributed by atoms with E-state index < -0.39 is 6.04 Å². The number of carbonyl (C=O) groups is 2. The monoisotopic (exact) mass is 439 g/mol. The molecule has 7 nitrogen and oxygen atoms in total. The number of nitrogens with zero attached hydrogens (tertiary/aromatic N) is 4. The Balaban J connectivity index is 1.65. The number of anilines is 1. The number of likely N-dealkylation sites (N-methyl/N-ethyl adjacent to an activating group) is 1. The summed E-state index contributed by atoms with van der Waals surface area (Å²) in [5.41, 5.74) is 8.97. The van der Waals surface area contributed by atoms with Gasteiger partial charge in [0, 0.05) is 43.4 Å². The van der Waals surface area contributed by atoms with Gasteiger partial charge in [0.25, 0.3) is 5.91 Å². The van der Waals surface area contributed by atoms with Crippen molar-refractivity contribution in [3.8, 4) is 17.2 Å². The SMILES string of the molecule is CCN1CCN(C(=O)c2cccc(-c3cnc(N)c(C#N)c3)c2)C(Cc2ccccc2)C1=O. The zero-order valence-electron chi connectivity index (χ0n) is 18.4. The topological polar surface area (TPSA) is 103 Å². The number of carbonyl (C=O) groups excluding carboxylic acids is 2. The summed E-state index contributed by atoms with van der Waals surface area (Å²) in [5, 5.41) is 9.25. The average molecular weight is 440 g/mol. The molecule has 2 N–H and O–H groups in total. The highest BCUT2D eigenvalue weighted by Crippen LogP contribution is 2.25. The number of hydrogen-bond donors (Lipinski definition) is 1. The highest BCUT2D eigenvalue weighted by atomic mass is 16.2. The van der Waals surface area contributed by atoms with Crippen LogP contribution in [0.15, 0.2) is 66.9 Å². The van der Waals surface area contributed by atoms with E-state index in [2.05, 4.69) is 4.98 Å². The third-order valence-electron chi connectivity index (χ3n) is 5.98. The molecule has 2 amide bonds. The number of piperazine rings is 1. The van der Waals surface area contributed by atoms with Crippen LogP contribution >= 0.6 is 0 Å². The number of aromatic nitrogens is 1. The molecule has 1 aliphatic heterocycles. The number of nitrogens with two attached hydrogens (primary N) is 1. The van der Waals surface area contributed by atoms with Crippen molar-refractivity contribution in [2.24, 2.45) is 0 Å². The Morgan fingerprint density at radius 3 is 2.64 bits per heavy atom. The number of hydrogen-bond acceptors (Lipinski definition) is 5. The summed E-state index contributed by atoms with van der Waals surface area (Å²) in [7, 11) is 0. The van der Waals surface area contributed by atoms with Crippen LogP contribution in [0.25, 0.3) is 11.1 Å². The number of nitrogen functional groups attached to an aromatic ring is 1. The van der Waals surface area contributed by atoms with Crippen molar-refractivity contribution in [2.75, 3.05) is 25.4 Å². The summed E-state index contributed by atoms with van der Waals surface area (Å²) in [6.07, 6.45) is 2.05. The second kappa shape index (κ2) is 9.53. The molecule has 0 bridgehead atoms. The molecule has 1 aliphatic rings. The van der Waals surface area contributed by atoms with E-state index in [0.29, 0.717) is 37.2 Å². The van der Waals surface area contributed by atoms with Crippen molar-refractivity contribution in [3.05, 3.63) is 83.6 Å². The molecular formula is C26H25N5O2. The third-order valence-corrected chi connectivity index (χ3v) is 5.98.